The fourth-order valence-electron chi connectivity index (χ4n) is 2.79. The van der Waals surface area contributed by atoms with Gasteiger partial charge in [0, 0.05) is 25.2 Å². The van der Waals surface area contributed by atoms with Gasteiger partial charge in [0.25, 0.3) is 11.6 Å². The Morgan fingerprint density at radius 3 is 3.04 bits per heavy atom. The van der Waals surface area contributed by atoms with E-state index in [1.807, 2.05) is 0 Å². The minimum atomic E-state index is -0.486. The minimum Gasteiger partial charge on any atom is -0.352 e. The highest BCUT2D eigenvalue weighted by molar-refractivity contribution is 7.99. The van der Waals surface area contributed by atoms with Crippen molar-refractivity contribution in [1.29, 1.82) is 0 Å². The third kappa shape index (κ3) is 4.38. The zero-order valence-electron chi connectivity index (χ0n) is 14.3. The normalized spacial score (nSPS) is 17.0. The van der Waals surface area contributed by atoms with Crippen LogP contribution in [0.15, 0.2) is 34.6 Å². The Labute approximate surface area is 154 Å². The second-order valence-electron chi connectivity index (χ2n) is 6.19. The molecule has 9 nitrogen and oxygen atoms in total. The van der Waals surface area contributed by atoms with Crippen molar-refractivity contribution in [3.05, 3.63) is 40.2 Å². The van der Waals surface area contributed by atoms with Crippen LogP contribution in [0.4, 0.5) is 5.69 Å². The van der Waals surface area contributed by atoms with Crippen LogP contribution in [0, 0.1) is 16.0 Å². The number of amides is 1. The fraction of sp³-hybridized carbons (Fsp3) is 0.438. The van der Waals surface area contributed by atoms with Crippen molar-refractivity contribution in [2.24, 2.45) is 13.0 Å². The van der Waals surface area contributed by atoms with Crippen molar-refractivity contribution in [1.82, 2.24) is 25.4 Å². The van der Waals surface area contributed by atoms with Gasteiger partial charge < -0.3 is 15.2 Å². The molecule has 0 saturated carbocycles. The number of carbonyl (C=O) groups is 1. The topological polar surface area (TPSA) is 115 Å². The number of nitrogens with zero attached hydrogens (tertiary/aromatic N) is 4. The Bertz CT molecular complexity index is 803. The molecule has 2 N–H and O–H groups in total. The van der Waals surface area contributed by atoms with Gasteiger partial charge in [0.15, 0.2) is 5.16 Å². The molecule has 0 aliphatic carbocycles. The van der Waals surface area contributed by atoms with Gasteiger partial charge in [-0.15, -0.1) is 10.2 Å². The van der Waals surface area contributed by atoms with Crippen LogP contribution in [-0.4, -0.2) is 45.2 Å². The van der Waals surface area contributed by atoms with Crippen LogP contribution in [0.25, 0.3) is 0 Å². The van der Waals surface area contributed by atoms with E-state index in [1.54, 1.807) is 23.7 Å². The van der Waals surface area contributed by atoms with E-state index in [9.17, 15) is 14.9 Å². The Kier molecular flexibility index (Phi) is 5.84. The molecular weight excluding hydrogens is 356 g/mol. The highest BCUT2D eigenvalue weighted by Gasteiger charge is 2.21. The van der Waals surface area contributed by atoms with Crippen molar-refractivity contribution in [2.45, 2.75) is 22.9 Å². The molecule has 1 aromatic carbocycles. The number of nitrogens with one attached hydrogen (secondary N) is 2. The first-order chi connectivity index (χ1) is 12.5. The predicted octanol–water partition coefficient (Wildman–Crippen LogP) is 1.60. The van der Waals surface area contributed by atoms with Gasteiger partial charge >= 0.3 is 0 Å². The number of benzene rings is 1. The molecular formula is C16H20N6O3S. The highest BCUT2D eigenvalue weighted by Crippen LogP contribution is 2.34. The maximum Gasteiger partial charge on any atom is 0.284 e. The molecule has 1 unspecified atom stereocenters. The fourth-order valence-corrected chi connectivity index (χ4v) is 3.64. The summed E-state index contributed by atoms with van der Waals surface area (Å²) in [5, 5.41) is 25.8. The van der Waals surface area contributed by atoms with Crippen LogP contribution >= 0.6 is 11.8 Å². The zero-order chi connectivity index (χ0) is 18.5. The molecule has 0 spiro atoms. The SMILES string of the molecule is Cn1cnnc1Sc1ccc(C(=O)NCC2CCCNC2)cc1[N+](=O)[O-]. The summed E-state index contributed by atoms with van der Waals surface area (Å²) < 4.78 is 1.67. The van der Waals surface area contributed by atoms with Crippen LogP contribution in [-0.2, 0) is 7.05 Å². The molecule has 1 amide bonds. The van der Waals surface area contributed by atoms with Crippen LogP contribution in [0.3, 0.4) is 0 Å². The number of aryl methyl sites for hydroxylation is 1. The first-order valence-corrected chi connectivity index (χ1v) is 9.15. The molecule has 2 heterocycles. The number of nitro benzene ring substituents is 1. The van der Waals surface area contributed by atoms with E-state index in [0.29, 0.717) is 22.5 Å². The molecule has 3 rings (SSSR count). The lowest BCUT2D eigenvalue weighted by molar-refractivity contribution is -0.387. The van der Waals surface area contributed by atoms with E-state index in [2.05, 4.69) is 20.8 Å². The van der Waals surface area contributed by atoms with E-state index in [-0.39, 0.29) is 17.2 Å². The van der Waals surface area contributed by atoms with Crippen LogP contribution in [0.2, 0.25) is 0 Å². The molecule has 138 valence electrons. The van der Waals surface area contributed by atoms with Gasteiger partial charge in [0.1, 0.15) is 6.33 Å². The maximum absolute atomic E-state index is 12.4. The van der Waals surface area contributed by atoms with Gasteiger partial charge in [0.05, 0.1) is 9.82 Å². The van der Waals surface area contributed by atoms with Crippen molar-refractivity contribution in [2.75, 3.05) is 19.6 Å². The lowest BCUT2D eigenvalue weighted by Gasteiger charge is -2.22. The molecule has 1 aliphatic heterocycles. The van der Waals surface area contributed by atoms with Gasteiger partial charge in [-0.3, -0.25) is 14.9 Å². The number of piperidine rings is 1. The summed E-state index contributed by atoms with van der Waals surface area (Å²) >= 11 is 1.14. The summed E-state index contributed by atoms with van der Waals surface area (Å²) in [6, 6.07) is 4.49. The second-order valence-corrected chi connectivity index (χ2v) is 7.20. The van der Waals surface area contributed by atoms with Gasteiger partial charge in [0.2, 0.25) is 0 Å². The van der Waals surface area contributed by atoms with Crippen LogP contribution < -0.4 is 10.6 Å². The second kappa shape index (κ2) is 8.28. The lowest BCUT2D eigenvalue weighted by atomic mass is 9.99. The standard InChI is InChI=1S/C16H20N6O3S/c1-21-10-19-20-16(21)26-14-5-4-12(7-13(14)22(24)25)15(23)18-9-11-3-2-6-17-8-11/h4-5,7,10-11,17H,2-3,6,8-9H2,1H3,(H,18,23). The summed E-state index contributed by atoms with van der Waals surface area (Å²) in [4.78, 5) is 23.7. The van der Waals surface area contributed by atoms with Crippen LogP contribution in [0.1, 0.15) is 23.2 Å². The smallest absolute Gasteiger partial charge is 0.284 e. The zero-order valence-corrected chi connectivity index (χ0v) is 15.2. The van der Waals surface area contributed by atoms with Gasteiger partial charge in [-0.1, -0.05) is 0 Å². The Morgan fingerprint density at radius 2 is 2.38 bits per heavy atom. The number of aromatic nitrogens is 3. The third-order valence-electron chi connectivity index (χ3n) is 4.24. The molecule has 1 fully saturated rings. The number of rotatable bonds is 6. The van der Waals surface area contributed by atoms with Gasteiger partial charge in [-0.25, -0.2) is 0 Å². The molecule has 2 aromatic rings. The largest absolute Gasteiger partial charge is 0.352 e. The van der Waals surface area contributed by atoms with Crippen molar-refractivity contribution in [3.63, 3.8) is 0 Å². The number of hydrogen-bond donors (Lipinski definition) is 2. The first kappa shape index (κ1) is 18.3. The van der Waals surface area contributed by atoms with E-state index >= 15 is 0 Å². The Balaban J connectivity index is 1.71. The Morgan fingerprint density at radius 1 is 1.54 bits per heavy atom. The molecule has 1 atom stereocenters. The quantitative estimate of drug-likeness (QED) is 0.581. The third-order valence-corrected chi connectivity index (χ3v) is 5.36. The maximum atomic E-state index is 12.4. The molecule has 1 aliphatic rings. The average molecular weight is 376 g/mol. The van der Waals surface area contributed by atoms with Crippen molar-refractivity contribution >= 4 is 23.4 Å². The van der Waals surface area contributed by atoms with Gasteiger partial charge in [-0.2, -0.15) is 0 Å². The van der Waals surface area contributed by atoms with E-state index in [4.69, 9.17) is 0 Å². The predicted molar refractivity (Wildman–Crippen MR) is 96.1 cm³/mol. The highest BCUT2D eigenvalue weighted by atomic mass is 32.2. The number of carbonyl (C=O) groups excluding carboxylic acids is 1. The van der Waals surface area contributed by atoms with Gasteiger partial charge in [-0.05, 0) is 55.7 Å². The summed E-state index contributed by atoms with van der Waals surface area (Å²) in [6.07, 6.45) is 3.69. The van der Waals surface area contributed by atoms with Crippen LogP contribution in [0.5, 0.6) is 0 Å². The molecule has 10 heteroatoms. The monoisotopic (exact) mass is 376 g/mol. The molecule has 1 aromatic heterocycles. The summed E-state index contributed by atoms with van der Waals surface area (Å²) in [5.41, 5.74) is 0.160. The summed E-state index contributed by atoms with van der Waals surface area (Å²) in [5.74, 6) is 0.0994. The summed E-state index contributed by atoms with van der Waals surface area (Å²) in [7, 11) is 1.76. The van der Waals surface area contributed by atoms with E-state index in [1.165, 1.54) is 12.4 Å². The number of hydrogen-bond acceptors (Lipinski definition) is 7. The average Bonchev–Trinajstić information content (AvgIpc) is 3.05. The van der Waals surface area contributed by atoms with E-state index < -0.39 is 4.92 Å². The number of nitro groups is 1. The van der Waals surface area contributed by atoms with Crippen molar-refractivity contribution in [3.8, 4) is 0 Å². The first-order valence-electron chi connectivity index (χ1n) is 8.34. The lowest BCUT2D eigenvalue weighted by Crippen LogP contribution is -2.38. The van der Waals surface area contributed by atoms with E-state index in [0.717, 1.165) is 37.7 Å². The molecule has 0 bridgehead atoms. The summed E-state index contributed by atoms with van der Waals surface area (Å²) in [6.45, 7) is 2.46. The molecule has 26 heavy (non-hydrogen) atoms. The minimum absolute atomic E-state index is 0.120. The van der Waals surface area contributed by atoms with Crippen molar-refractivity contribution < 1.29 is 9.72 Å². The Hall–Kier alpha value is -2.46. The molecule has 1 saturated heterocycles. The molecule has 0 radical (unpaired) electrons.